The molecule has 6 heteroatoms. The molecular formula is C18H21N3O3. The number of carbonyl (C=O) groups excluding carboxylic acids is 2. The van der Waals surface area contributed by atoms with E-state index in [1.54, 1.807) is 36.2 Å². The molecule has 3 rings (SSSR count). The van der Waals surface area contributed by atoms with Crippen molar-refractivity contribution in [3.63, 3.8) is 0 Å². The van der Waals surface area contributed by atoms with E-state index in [1.807, 2.05) is 12.1 Å². The van der Waals surface area contributed by atoms with E-state index in [0.29, 0.717) is 29.6 Å². The fourth-order valence-electron chi connectivity index (χ4n) is 2.80. The summed E-state index contributed by atoms with van der Waals surface area (Å²) in [6.45, 7) is 2.60. The quantitative estimate of drug-likeness (QED) is 0.884. The Morgan fingerprint density at radius 1 is 1.33 bits per heavy atom. The Balaban J connectivity index is 1.66. The highest BCUT2D eigenvalue weighted by atomic mass is 16.3. The molecule has 1 aromatic heterocycles. The molecule has 1 saturated carbocycles. The number of amides is 3. The van der Waals surface area contributed by atoms with Crippen molar-refractivity contribution < 1.29 is 14.0 Å². The first-order chi connectivity index (χ1) is 11.4. The van der Waals surface area contributed by atoms with Gasteiger partial charge in [-0.3, -0.25) is 4.79 Å². The molecule has 6 nitrogen and oxygen atoms in total. The topological polar surface area (TPSA) is 88.6 Å². The molecule has 0 unspecified atom stereocenters. The van der Waals surface area contributed by atoms with E-state index in [2.05, 4.69) is 12.2 Å². The number of hydrogen-bond donors (Lipinski definition) is 2. The van der Waals surface area contributed by atoms with Crippen molar-refractivity contribution in [2.45, 2.75) is 25.8 Å². The largest absolute Gasteiger partial charge is 0.464 e. The Morgan fingerprint density at radius 2 is 2.08 bits per heavy atom. The van der Waals surface area contributed by atoms with Crippen LogP contribution in [0.15, 0.2) is 40.8 Å². The minimum Gasteiger partial charge on any atom is -0.464 e. The first-order valence-corrected chi connectivity index (χ1v) is 7.94. The minimum atomic E-state index is -0.662. The van der Waals surface area contributed by atoms with Crippen LogP contribution in [0.3, 0.4) is 0 Å². The molecular weight excluding hydrogens is 306 g/mol. The van der Waals surface area contributed by atoms with Gasteiger partial charge in [-0.2, -0.15) is 0 Å². The number of benzene rings is 1. The fourth-order valence-corrected chi connectivity index (χ4v) is 2.80. The van der Waals surface area contributed by atoms with E-state index in [1.165, 1.54) is 6.42 Å². The van der Waals surface area contributed by atoms with Gasteiger partial charge >= 0.3 is 6.03 Å². The number of urea groups is 1. The molecule has 1 aliphatic carbocycles. The van der Waals surface area contributed by atoms with Gasteiger partial charge in [-0.15, -0.1) is 0 Å². The highest BCUT2D eigenvalue weighted by molar-refractivity contribution is 5.96. The number of rotatable bonds is 5. The van der Waals surface area contributed by atoms with Crippen LogP contribution in [0.5, 0.6) is 0 Å². The lowest BCUT2D eigenvalue weighted by Crippen LogP contribution is -2.26. The first-order valence-electron chi connectivity index (χ1n) is 7.94. The molecule has 3 amide bonds. The van der Waals surface area contributed by atoms with E-state index in [0.717, 1.165) is 11.5 Å². The summed E-state index contributed by atoms with van der Waals surface area (Å²) in [5.74, 6) is 2.83. The Morgan fingerprint density at radius 3 is 2.75 bits per heavy atom. The SMILES string of the molecule is C[C@H]1C[C@H]1c1ccc(CN(C)C(=O)c2cccc(NC(N)=O)c2)o1. The van der Waals surface area contributed by atoms with Gasteiger partial charge in [-0.1, -0.05) is 13.0 Å². The van der Waals surface area contributed by atoms with Crippen molar-refractivity contribution in [2.24, 2.45) is 11.7 Å². The Labute approximate surface area is 140 Å². The van der Waals surface area contributed by atoms with Crippen LogP contribution in [0, 0.1) is 5.92 Å². The molecule has 3 N–H and O–H groups in total. The second kappa shape index (κ2) is 6.39. The van der Waals surface area contributed by atoms with Crippen LogP contribution < -0.4 is 11.1 Å². The average Bonchev–Trinajstić information content (AvgIpc) is 3.08. The van der Waals surface area contributed by atoms with Crippen LogP contribution in [0.2, 0.25) is 0 Å². The molecule has 0 bridgehead atoms. The van der Waals surface area contributed by atoms with E-state index in [9.17, 15) is 9.59 Å². The van der Waals surface area contributed by atoms with Crippen molar-refractivity contribution in [2.75, 3.05) is 12.4 Å². The summed E-state index contributed by atoms with van der Waals surface area (Å²) in [5, 5.41) is 2.47. The van der Waals surface area contributed by atoms with Crippen LogP contribution in [0.1, 0.15) is 41.1 Å². The van der Waals surface area contributed by atoms with Crippen molar-refractivity contribution in [3.8, 4) is 0 Å². The Kier molecular flexibility index (Phi) is 4.29. The van der Waals surface area contributed by atoms with E-state index in [4.69, 9.17) is 10.2 Å². The maximum atomic E-state index is 12.5. The second-order valence-corrected chi connectivity index (χ2v) is 6.35. The van der Waals surface area contributed by atoms with Gasteiger partial charge in [-0.25, -0.2) is 4.79 Å². The van der Waals surface area contributed by atoms with Crippen LogP contribution in [-0.2, 0) is 6.54 Å². The highest BCUT2D eigenvalue weighted by Gasteiger charge is 2.36. The van der Waals surface area contributed by atoms with Gasteiger partial charge < -0.3 is 20.4 Å². The molecule has 0 radical (unpaired) electrons. The highest BCUT2D eigenvalue weighted by Crippen LogP contribution is 2.47. The third-order valence-corrected chi connectivity index (χ3v) is 4.27. The number of anilines is 1. The van der Waals surface area contributed by atoms with E-state index >= 15 is 0 Å². The van der Waals surface area contributed by atoms with Gasteiger partial charge in [0.05, 0.1) is 6.54 Å². The number of furan rings is 1. The van der Waals surface area contributed by atoms with Gasteiger partial charge in [0, 0.05) is 24.2 Å². The predicted molar refractivity (Wildman–Crippen MR) is 90.7 cm³/mol. The third kappa shape index (κ3) is 3.59. The maximum Gasteiger partial charge on any atom is 0.316 e. The molecule has 2 aromatic rings. The first kappa shape index (κ1) is 16.1. The molecule has 2 atom stereocenters. The number of carbonyl (C=O) groups is 2. The van der Waals surface area contributed by atoms with Crippen molar-refractivity contribution >= 4 is 17.6 Å². The zero-order valence-electron chi connectivity index (χ0n) is 13.8. The maximum absolute atomic E-state index is 12.5. The number of nitrogens with one attached hydrogen (secondary N) is 1. The smallest absolute Gasteiger partial charge is 0.316 e. The summed E-state index contributed by atoms with van der Waals surface area (Å²) in [6, 6.07) is 9.94. The Bertz CT molecular complexity index is 768. The molecule has 1 aromatic carbocycles. The summed E-state index contributed by atoms with van der Waals surface area (Å²) in [7, 11) is 1.72. The predicted octanol–water partition coefficient (Wildman–Crippen LogP) is 3.17. The lowest BCUT2D eigenvalue weighted by Gasteiger charge is -2.16. The molecule has 126 valence electrons. The summed E-state index contributed by atoms with van der Waals surface area (Å²) in [4.78, 5) is 25.0. The number of nitrogens with two attached hydrogens (primary N) is 1. The fraction of sp³-hybridized carbons (Fsp3) is 0.333. The van der Waals surface area contributed by atoms with Gasteiger partial charge in [-0.05, 0) is 42.7 Å². The van der Waals surface area contributed by atoms with Crippen LogP contribution in [0.4, 0.5) is 10.5 Å². The zero-order chi connectivity index (χ0) is 17.3. The van der Waals surface area contributed by atoms with Crippen LogP contribution in [0.25, 0.3) is 0 Å². The van der Waals surface area contributed by atoms with Gasteiger partial charge in [0.1, 0.15) is 11.5 Å². The number of nitrogens with zero attached hydrogens (tertiary/aromatic N) is 1. The monoisotopic (exact) mass is 327 g/mol. The van der Waals surface area contributed by atoms with Gasteiger partial charge in [0.25, 0.3) is 5.91 Å². The average molecular weight is 327 g/mol. The molecule has 1 fully saturated rings. The van der Waals surface area contributed by atoms with E-state index < -0.39 is 6.03 Å². The molecule has 0 aliphatic heterocycles. The zero-order valence-corrected chi connectivity index (χ0v) is 13.8. The molecule has 1 heterocycles. The van der Waals surface area contributed by atoms with Crippen molar-refractivity contribution in [3.05, 3.63) is 53.5 Å². The number of hydrogen-bond acceptors (Lipinski definition) is 3. The third-order valence-electron chi connectivity index (χ3n) is 4.27. The Hall–Kier alpha value is -2.76. The summed E-state index contributed by atoms with van der Waals surface area (Å²) < 4.78 is 5.84. The molecule has 1 aliphatic rings. The van der Waals surface area contributed by atoms with Crippen molar-refractivity contribution in [1.29, 1.82) is 0 Å². The molecule has 0 spiro atoms. The summed E-state index contributed by atoms with van der Waals surface area (Å²) in [6.07, 6.45) is 1.17. The summed E-state index contributed by atoms with van der Waals surface area (Å²) >= 11 is 0. The van der Waals surface area contributed by atoms with Gasteiger partial charge in [0.15, 0.2) is 0 Å². The second-order valence-electron chi connectivity index (χ2n) is 6.35. The van der Waals surface area contributed by atoms with Crippen molar-refractivity contribution in [1.82, 2.24) is 4.90 Å². The summed E-state index contributed by atoms with van der Waals surface area (Å²) in [5.41, 5.74) is 6.06. The number of primary amides is 1. The van der Waals surface area contributed by atoms with Crippen LogP contribution >= 0.6 is 0 Å². The molecule has 24 heavy (non-hydrogen) atoms. The lowest BCUT2D eigenvalue weighted by molar-refractivity contribution is 0.0775. The van der Waals surface area contributed by atoms with Crippen LogP contribution in [-0.4, -0.2) is 23.9 Å². The lowest BCUT2D eigenvalue weighted by atomic mass is 10.1. The molecule has 0 saturated heterocycles. The minimum absolute atomic E-state index is 0.152. The van der Waals surface area contributed by atoms with E-state index in [-0.39, 0.29) is 5.91 Å². The normalized spacial score (nSPS) is 18.9. The van der Waals surface area contributed by atoms with Gasteiger partial charge in [0.2, 0.25) is 0 Å². The standard InChI is InChI=1S/C18H21N3O3/c1-11-8-15(11)16-7-6-14(24-16)10-21(2)17(22)12-4-3-5-13(9-12)20-18(19)23/h3-7,9,11,15H,8,10H2,1-2H3,(H3,19,20,23)/t11-,15+/m0/s1.